The highest BCUT2D eigenvalue weighted by Crippen LogP contribution is 2.46. The van der Waals surface area contributed by atoms with Crippen molar-refractivity contribution < 1.29 is 9.47 Å². The summed E-state index contributed by atoms with van der Waals surface area (Å²) in [5, 5.41) is 3.80. The van der Waals surface area contributed by atoms with Crippen LogP contribution in [-0.4, -0.2) is 28.3 Å². The van der Waals surface area contributed by atoms with Gasteiger partial charge >= 0.3 is 0 Å². The Bertz CT molecular complexity index is 1040. The number of fused-ring (bicyclic) bond motifs is 1. The van der Waals surface area contributed by atoms with Crippen molar-refractivity contribution in [2.75, 3.05) is 38.5 Å². The molecule has 0 saturated carbocycles. The number of rotatable bonds is 5. The van der Waals surface area contributed by atoms with E-state index in [1.807, 2.05) is 30.0 Å². The molecule has 1 unspecified atom stereocenters. The van der Waals surface area contributed by atoms with Crippen molar-refractivity contribution in [3.8, 4) is 11.5 Å². The molecule has 30 heavy (non-hydrogen) atoms. The number of benzene rings is 3. The van der Waals surface area contributed by atoms with Crippen LogP contribution in [0.4, 0.5) is 11.4 Å². The zero-order valence-electron chi connectivity index (χ0n) is 17.7. The van der Waals surface area contributed by atoms with Gasteiger partial charge in [0.2, 0.25) is 0 Å². The third kappa shape index (κ3) is 4.26. The maximum atomic E-state index is 5.46. The van der Waals surface area contributed by atoms with Crippen molar-refractivity contribution >= 4 is 28.8 Å². The zero-order valence-corrected chi connectivity index (χ0v) is 18.5. The van der Waals surface area contributed by atoms with E-state index in [2.05, 4.69) is 78.9 Å². The summed E-state index contributed by atoms with van der Waals surface area (Å²) >= 11 is 1.82. The number of hydrogen-bond acceptors (Lipinski definition) is 5. The van der Waals surface area contributed by atoms with E-state index in [9.17, 15) is 0 Å². The van der Waals surface area contributed by atoms with Crippen LogP contribution < -0.4 is 19.7 Å². The molecule has 154 valence electrons. The molecule has 0 amide bonds. The first kappa shape index (κ1) is 20.2. The second kappa shape index (κ2) is 8.76. The van der Waals surface area contributed by atoms with E-state index < -0.39 is 0 Å². The largest absolute Gasteiger partial charge is 0.497 e. The topological polar surface area (TPSA) is 33.7 Å². The van der Waals surface area contributed by atoms with Crippen molar-refractivity contribution in [1.29, 1.82) is 0 Å². The second-order valence-electron chi connectivity index (χ2n) is 7.32. The number of anilines is 2. The molecule has 5 heteroatoms. The Hall–Kier alpha value is -3.05. The Balaban J connectivity index is 1.76. The van der Waals surface area contributed by atoms with Gasteiger partial charge in [-0.05, 0) is 71.8 Å². The van der Waals surface area contributed by atoms with Crippen LogP contribution in [-0.2, 0) is 0 Å². The van der Waals surface area contributed by atoms with Crippen LogP contribution in [0.1, 0.15) is 16.4 Å². The molecular weight excluding hydrogens is 392 g/mol. The van der Waals surface area contributed by atoms with Crippen LogP contribution in [0.5, 0.6) is 11.5 Å². The van der Waals surface area contributed by atoms with Crippen molar-refractivity contribution in [3.63, 3.8) is 0 Å². The number of nitrogens with one attached hydrogen (secondary N) is 1. The summed E-state index contributed by atoms with van der Waals surface area (Å²) < 4.78 is 10.8. The first-order valence-electron chi connectivity index (χ1n) is 9.82. The van der Waals surface area contributed by atoms with Crippen LogP contribution in [0, 0.1) is 0 Å². The molecule has 1 aliphatic heterocycles. The standard InChI is InChI=1S/C25H26N2O2S/c1-27(2)19-9-5-18(6-10-19)24-16-23(17-7-11-20(28-3)12-8-17)26-22-14-13-21(29-4)15-25(22)30-24/h5-16,24,26H,1-4H3. The van der Waals surface area contributed by atoms with Gasteiger partial charge in [0.1, 0.15) is 11.5 Å². The molecule has 4 rings (SSSR count). The minimum Gasteiger partial charge on any atom is -0.497 e. The molecule has 0 aliphatic carbocycles. The Labute approximate surface area is 182 Å². The van der Waals surface area contributed by atoms with E-state index in [1.165, 1.54) is 11.3 Å². The molecule has 1 heterocycles. The van der Waals surface area contributed by atoms with Gasteiger partial charge in [-0.1, -0.05) is 12.1 Å². The molecule has 0 aromatic heterocycles. The molecule has 0 bridgehead atoms. The molecule has 1 N–H and O–H groups in total. The van der Waals surface area contributed by atoms with E-state index >= 15 is 0 Å². The summed E-state index contributed by atoms with van der Waals surface area (Å²) in [5.74, 6) is 1.71. The maximum absolute atomic E-state index is 5.46. The van der Waals surface area contributed by atoms with Gasteiger partial charge in [-0.2, -0.15) is 0 Å². The summed E-state index contributed by atoms with van der Waals surface area (Å²) in [4.78, 5) is 3.28. The highest BCUT2D eigenvalue weighted by atomic mass is 32.2. The average Bonchev–Trinajstić information content (AvgIpc) is 2.98. The van der Waals surface area contributed by atoms with E-state index in [1.54, 1.807) is 14.2 Å². The zero-order chi connectivity index (χ0) is 21.1. The summed E-state index contributed by atoms with van der Waals surface area (Å²) in [7, 11) is 7.51. The summed E-state index contributed by atoms with van der Waals surface area (Å²) in [6.07, 6.45) is 2.30. The minimum atomic E-state index is 0.166. The Morgan fingerprint density at radius 3 is 2.13 bits per heavy atom. The Morgan fingerprint density at radius 2 is 1.50 bits per heavy atom. The van der Waals surface area contributed by atoms with Gasteiger partial charge in [0.25, 0.3) is 0 Å². The number of thioether (sulfide) groups is 1. The number of hydrogen-bond donors (Lipinski definition) is 1. The van der Waals surface area contributed by atoms with Gasteiger partial charge in [0.05, 0.1) is 25.2 Å². The predicted molar refractivity (Wildman–Crippen MR) is 127 cm³/mol. The fourth-order valence-electron chi connectivity index (χ4n) is 3.40. The summed E-state index contributed by atoms with van der Waals surface area (Å²) in [6, 6.07) is 23.1. The van der Waals surface area contributed by atoms with E-state index in [0.29, 0.717) is 0 Å². The number of methoxy groups -OCH3 is 2. The van der Waals surface area contributed by atoms with E-state index in [4.69, 9.17) is 9.47 Å². The smallest absolute Gasteiger partial charge is 0.120 e. The Morgan fingerprint density at radius 1 is 0.833 bits per heavy atom. The monoisotopic (exact) mass is 418 g/mol. The first-order chi connectivity index (χ1) is 14.6. The molecule has 3 aromatic carbocycles. The highest BCUT2D eigenvalue weighted by Gasteiger charge is 2.20. The minimum absolute atomic E-state index is 0.166. The third-order valence-electron chi connectivity index (χ3n) is 5.17. The van der Waals surface area contributed by atoms with Crippen molar-refractivity contribution in [1.82, 2.24) is 0 Å². The third-order valence-corrected chi connectivity index (χ3v) is 6.42. The summed E-state index contributed by atoms with van der Waals surface area (Å²) in [5.41, 5.74) is 5.73. The average molecular weight is 419 g/mol. The molecule has 0 saturated heterocycles. The van der Waals surface area contributed by atoms with Gasteiger partial charge in [-0.3, -0.25) is 0 Å². The lowest BCUT2D eigenvalue weighted by Gasteiger charge is -2.16. The molecule has 0 radical (unpaired) electrons. The van der Waals surface area contributed by atoms with E-state index in [-0.39, 0.29) is 5.25 Å². The number of nitrogens with zero attached hydrogens (tertiary/aromatic N) is 1. The van der Waals surface area contributed by atoms with Crippen molar-refractivity contribution in [2.45, 2.75) is 10.1 Å². The number of ether oxygens (including phenoxy) is 2. The second-order valence-corrected chi connectivity index (χ2v) is 8.50. The van der Waals surface area contributed by atoms with E-state index in [0.717, 1.165) is 33.3 Å². The SMILES string of the molecule is COc1ccc(C2=CC(c3ccc(N(C)C)cc3)Sc3cc(OC)ccc3N2)cc1. The first-order valence-corrected chi connectivity index (χ1v) is 10.7. The normalized spacial score (nSPS) is 15.3. The highest BCUT2D eigenvalue weighted by molar-refractivity contribution is 7.99. The van der Waals surface area contributed by atoms with Crippen LogP contribution in [0.2, 0.25) is 0 Å². The van der Waals surface area contributed by atoms with Crippen LogP contribution >= 0.6 is 11.8 Å². The van der Waals surface area contributed by atoms with Gasteiger partial charge in [0.15, 0.2) is 0 Å². The van der Waals surface area contributed by atoms with Gasteiger partial charge in [-0.15, -0.1) is 11.8 Å². The maximum Gasteiger partial charge on any atom is 0.120 e. The molecule has 1 atom stereocenters. The van der Waals surface area contributed by atoms with Crippen LogP contribution in [0.25, 0.3) is 5.70 Å². The molecule has 3 aromatic rings. The lowest BCUT2D eigenvalue weighted by Crippen LogP contribution is -2.08. The molecular formula is C25H26N2O2S. The van der Waals surface area contributed by atoms with Gasteiger partial charge in [0, 0.05) is 30.4 Å². The lowest BCUT2D eigenvalue weighted by atomic mass is 10.1. The molecule has 0 fully saturated rings. The lowest BCUT2D eigenvalue weighted by molar-refractivity contribution is 0.414. The van der Waals surface area contributed by atoms with Gasteiger partial charge in [-0.25, -0.2) is 0 Å². The fourth-order valence-corrected chi connectivity index (χ4v) is 4.61. The molecule has 0 spiro atoms. The molecule has 1 aliphatic rings. The van der Waals surface area contributed by atoms with Crippen molar-refractivity contribution in [3.05, 3.63) is 83.9 Å². The van der Waals surface area contributed by atoms with Crippen LogP contribution in [0.15, 0.2) is 77.7 Å². The Kier molecular flexibility index (Phi) is 5.91. The predicted octanol–water partition coefficient (Wildman–Crippen LogP) is 6.07. The fraction of sp³-hybridized carbons (Fsp3) is 0.200. The quantitative estimate of drug-likeness (QED) is 0.544. The summed E-state index contributed by atoms with van der Waals surface area (Å²) in [6.45, 7) is 0. The molecule has 4 nitrogen and oxygen atoms in total. The van der Waals surface area contributed by atoms with Crippen LogP contribution in [0.3, 0.4) is 0 Å². The van der Waals surface area contributed by atoms with Crippen molar-refractivity contribution in [2.24, 2.45) is 0 Å². The van der Waals surface area contributed by atoms with Gasteiger partial charge < -0.3 is 19.7 Å².